The van der Waals surface area contributed by atoms with Crippen LogP contribution in [0.2, 0.25) is 0 Å². The lowest BCUT2D eigenvalue weighted by Crippen LogP contribution is -2.12. The summed E-state index contributed by atoms with van der Waals surface area (Å²) in [5.41, 5.74) is -0.0828. The minimum absolute atomic E-state index is 0.0828. The predicted octanol–water partition coefficient (Wildman–Crippen LogP) is 0.744. The lowest BCUT2D eigenvalue weighted by Gasteiger charge is -2.05. The topological polar surface area (TPSA) is 46.5 Å². The van der Waals surface area contributed by atoms with Gasteiger partial charge in [0.1, 0.15) is 0 Å². The molecule has 0 aromatic carbocycles. The van der Waals surface area contributed by atoms with Crippen LogP contribution in [0.4, 0.5) is 0 Å². The minimum atomic E-state index is -0.695. The van der Waals surface area contributed by atoms with E-state index in [9.17, 15) is 4.79 Å². The zero-order valence-electron chi connectivity index (χ0n) is 6.26. The van der Waals surface area contributed by atoms with Gasteiger partial charge < -0.3 is 9.84 Å². The second kappa shape index (κ2) is 2.23. The number of rotatable bonds is 3. The van der Waals surface area contributed by atoms with Crippen LogP contribution in [-0.4, -0.2) is 24.8 Å². The number of ether oxygens (including phenoxy) is 1. The molecule has 58 valence electrons. The standard InChI is InChI=1S/C7H12O3/c1-7(4-10-2)3-5(7)6(8)9/h5H,3-4H2,1-2H3,(H,8,9)/t5-,7-/m0/s1. The van der Waals surface area contributed by atoms with Gasteiger partial charge >= 0.3 is 5.97 Å². The Kier molecular flexibility index (Phi) is 1.68. The van der Waals surface area contributed by atoms with Crippen molar-refractivity contribution in [2.75, 3.05) is 13.7 Å². The van der Waals surface area contributed by atoms with E-state index in [1.54, 1.807) is 7.11 Å². The van der Waals surface area contributed by atoms with Gasteiger partial charge in [0.05, 0.1) is 12.5 Å². The molecule has 0 heterocycles. The van der Waals surface area contributed by atoms with Gasteiger partial charge in [-0.1, -0.05) is 6.92 Å². The molecule has 1 rings (SSSR count). The summed E-state index contributed by atoms with van der Waals surface area (Å²) in [5.74, 6) is -0.869. The van der Waals surface area contributed by atoms with Gasteiger partial charge in [0.25, 0.3) is 0 Å². The molecule has 2 atom stereocenters. The van der Waals surface area contributed by atoms with Crippen LogP contribution in [0.25, 0.3) is 0 Å². The fourth-order valence-electron chi connectivity index (χ4n) is 1.28. The average Bonchev–Trinajstić information content (AvgIpc) is 2.43. The predicted molar refractivity (Wildman–Crippen MR) is 35.7 cm³/mol. The second-order valence-electron chi connectivity index (χ2n) is 3.18. The van der Waals surface area contributed by atoms with Crippen molar-refractivity contribution < 1.29 is 14.6 Å². The molecule has 0 aromatic heterocycles. The van der Waals surface area contributed by atoms with Crippen LogP contribution in [0.15, 0.2) is 0 Å². The Morgan fingerprint density at radius 1 is 1.90 bits per heavy atom. The van der Waals surface area contributed by atoms with Crippen molar-refractivity contribution in [1.29, 1.82) is 0 Å². The van der Waals surface area contributed by atoms with Gasteiger partial charge in [-0.2, -0.15) is 0 Å². The zero-order valence-corrected chi connectivity index (χ0v) is 6.26. The molecule has 0 aliphatic heterocycles. The fraction of sp³-hybridized carbons (Fsp3) is 0.857. The van der Waals surface area contributed by atoms with Crippen LogP contribution < -0.4 is 0 Å². The quantitative estimate of drug-likeness (QED) is 0.635. The van der Waals surface area contributed by atoms with Gasteiger partial charge in [0.15, 0.2) is 0 Å². The number of carboxylic acids is 1. The Balaban J connectivity index is 2.40. The third kappa shape index (κ3) is 1.14. The molecule has 0 radical (unpaired) electrons. The number of hydrogen-bond acceptors (Lipinski definition) is 2. The highest BCUT2D eigenvalue weighted by Crippen LogP contribution is 2.52. The van der Waals surface area contributed by atoms with Crippen LogP contribution in [0.5, 0.6) is 0 Å². The Bertz CT molecular complexity index is 155. The summed E-state index contributed by atoms with van der Waals surface area (Å²) in [6.45, 7) is 2.50. The van der Waals surface area contributed by atoms with Crippen LogP contribution >= 0.6 is 0 Å². The van der Waals surface area contributed by atoms with Crippen molar-refractivity contribution in [1.82, 2.24) is 0 Å². The van der Waals surface area contributed by atoms with E-state index in [-0.39, 0.29) is 11.3 Å². The third-order valence-electron chi connectivity index (χ3n) is 2.12. The van der Waals surface area contributed by atoms with Gasteiger partial charge in [-0.15, -0.1) is 0 Å². The molecule has 0 bridgehead atoms. The Hall–Kier alpha value is -0.570. The molecule has 3 nitrogen and oxygen atoms in total. The second-order valence-corrected chi connectivity index (χ2v) is 3.18. The summed E-state index contributed by atoms with van der Waals surface area (Å²) >= 11 is 0. The third-order valence-corrected chi connectivity index (χ3v) is 2.12. The molecule has 0 aromatic rings. The van der Waals surface area contributed by atoms with E-state index < -0.39 is 5.97 Å². The van der Waals surface area contributed by atoms with E-state index in [2.05, 4.69) is 0 Å². The van der Waals surface area contributed by atoms with E-state index in [0.29, 0.717) is 6.61 Å². The Labute approximate surface area is 60.0 Å². The van der Waals surface area contributed by atoms with Crippen molar-refractivity contribution in [3.05, 3.63) is 0 Å². The highest BCUT2D eigenvalue weighted by Gasteiger charge is 2.54. The molecule has 1 N–H and O–H groups in total. The van der Waals surface area contributed by atoms with Crippen molar-refractivity contribution in [2.24, 2.45) is 11.3 Å². The molecular formula is C7H12O3. The lowest BCUT2D eigenvalue weighted by molar-refractivity contribution is -0.139. The largest absolute Gasteiger partial charge is 0.481 e. The SMILES string of the molecule is COC[C@]1(C)C[C@H]1C(=O)O. The maximum atomic E-state index is 10.4. The maximum absolute atomic E-state index is 10.4. The number of carbonyl (C=O) groups is 1. The van der Waals surface area contributed by atoms with Gasteiger partial charge in [-0.3, -0.25) is 4.79 Å². The monoisotopic (exact) mass is 144 g/mol. The van der Waals surface area contributed by atoms with E-state index in [4.69, 9.17) is 9.84 Å². The van der Waals surface area contributed by atoms with Crippen molar-refractivity contribution in [2.45, 2.75) is 13.3 Å². The molecule has 0 unspecified atom stereocenters. The van der Waals surface area contributed by atoms with Crippen molar-refractivity contribution in [3.8, 4) is 0 Å². The average molecular weight is 144 g/mol. The fourth-order valence-corrected chi connectivity index (χ4v) is 1.28. The van der Waals surface area contributed by atoms with Crippen molar-refractivity contribution >= 4 is 5.97 Å². The highest BCUT2D eigenvalue weighted by atomic mass is 16.5. The molecule has 0 saturated heterocycles. The van der Waals surface area contributed by atoms with Gasteiger partial charge in [0.2, 0.25) is 0 Å². The summed E-state index contributed by atoms with van der Waals surface area (Å²) in [4.78, 5) is 10.4. The molecule has 1 aliphatic carbocycles. The van der Waals surface area contributed by atoms with Crippen LogP contribution in [-0.2, 0) is 9.53 Å². The van der Waals surface area contributed by atoms with Crippen LogP contribution in [0, 0.1) is 11.3 Å². The molecule has 0 amide bonds. The van der Waals surface area contributed by atoms with Crippen molar-refractivity contribution in [3.63, 3.8) is 0 Å². The van der Waals surface area contributed by atoms with Gasteiger partial charge in [-0.05, 0) is 6.42 Å². The van der Waals surface area contributed by atoms with Gasteiger partial charge in [0, 0.05) is 12.5 Å². The lowest BCUT2D eigenvalue weighted by atomic mass is 10.1. The smallest absolute Gasteiger partial charge is 0.307 e. The maximum Gasteiger partial charge on any atom is 0.307 e. The molecule has 1 saturated carbocycles. The zero-order chi connectivity index (χ0) is 7.78. The summed E-state index contributed by atoms with van der Waals surface area (Å²) in [5, 5.41) is 8.56. The number of hydrogen-bond donors (Lipinski definition) is 1. The van der Waals surface area contributed by atoms with E-state index >= 15 is 0 Å². The first kappa shape index (κ1) is 7.54. The number of aliphatic carboxylic acids is 1. The first-order valence-electron chi connectivity index (χ1n) is 3.32. The molecule has 3 heteroatoms. The summed E-state index contributed by atoms with van der Waals surface area (Å²) in [7, 11) is 1.60. The Morgan fingerprint density at radius 2 is 2.50 bits per heavy atom. The molecule has 1 aliphatic rings. The minimum Gasteiger partial charge on any atom is -0.481 e. The van der Waals surface area contributed by atoms with Crippen LogP contribution in [0.1, 0.15) is 13.3 Å². The Morgan fingerprint density at radius 3 is 2.80 bits per heavy atom. The van der Waals surface area contributed by atoms with Crippen LogP contribution in [0.3, 0.4) is 0 Å². The van der Waals surface area contributed by atoms with E-state index in [1.807, 2.05) is 6.92 Å². The molecule has 10 heavy (non-hydrogen) atoms. The molecular weight excluding hydrogens is 132 g/mol. The van der Waals surface area contributed by atoms with E-state index in [0.717, 1.165) is 6.42 Å². The first-order valence-corrected chi connectivity index (χ1v) is 3.32. The number of carboxylic acid groups (broad SMARTS) is 1. The number of methoxy groups -OCH3 is 1. The first-order chi connectivity index (χ1) is 4.60. The summed E-state index contributed by atoms with van der Waals surface area (Å²) in [6, 6.07) is 0. The highest BCUT2D eigenvalue weighted by molar-refractivity contribution is 5.74. The summed E-state index contributed by atoms with van der Waals surface area (Å²) < 4.78 is 4.89. The molecule has 0 spiro atoms. The molecule has 1 fully saturated rings. The van der Waals surface area contributed by atoms with Gasteiger partial charge in [-0.25, -0.2) is 0 Å². The normalized spacial score (nSPS) is 37.6. The van der Waals surface area contributed by atoms with E-state index in [1.165, 1.54) is 0 Å². The summed E-state index contributed by atoms with van der Waals surface area (Å²) in [6.07, 6.45) is 0.760.